The van der Waals surface area contributed by atoms with E-state index in [-0.39, 0.29) is 26.2 Å². The molecule has 0 bridgehead atoms. The Bertz CT molecular complexity index is 284. The topological polar surface area (TPSA) is 97.1 Å². The highest BCUT2D eigenvalue weighted by atomic mass is 19.4. The Balaban J connectivity index is 3.48. The lowest BCUT2D eigenvalue weighted by atomic mass is 10.5. The van der Waals surface area contributed by atoms with Crippen LogP contribution in [0.5, 0.6) is 0 Å². The quantitative estimate of drug-likeness (QED) is 0.379. The lowest BCUT2D eigenvalue weighted by Crippen LogP contribution is -2.26. The Hall–Kier alpha value is -1.39. The minimum atomic E-state index is -5.21. The molecule has 0 heterocycles. The van der Waals surface area contributed by atoms with Gasteiger partial charge in [0.25, 0.3) is 0 Å². The second-order valence-corrected chi connectivity index (χ2v) is 3.09. The summed E-state index contributed by atoms with van der Waals surface area (Å²) in [6.45, 7) is 1.11. The Morgan fingerprint density at radius 2 is 1.53 bits per heavy atom. The number of carbonyl (C=O) groups excluding carboxylic acids is 2. The van der Waals surface area contributed by atoms with Crippen molar-refractivity contribution in [1.29, 1.82) is 0 Å². The first-order valence-corrected chi connectivity index (χ1v) is 5.22. The van der Waals surface area contributed by atoms with Crippen molar-refractivity contribution in [2.24, 2.45) is 5.73 Å². The molecule has 10 heteroatoms. The van der Waals surface area contributed by atoms with E-state index < -0.39 is 18.1 Å². The van der Waals surface area contributed by atoms with Crippen LogP contribution >= 0.6 is 0 Å². The van der Waals surface area contributed by atoms with Crippen molar-refractivity contribution < 1.29 is 42.0 Å². The van der Waals surface area contributed by atoms with Crippen molar-refractivity contribution in [3.8, 4) is 0 Å². The van der Waals surface area contributed by atoms with Gasteiger partial charge in [0.15, 0.2) is 0 Å². The van der Waals surface area contributed by atoms with Crippen LogP contribution in [0.2, 0.25) is 0 Å². The predicted octanol–water partition coefficient (Wildman–Crippen LogP) is -0.0679. The number of rotatable bonds is 8. The molecule has 0 saturated carbocycles. The fraction of sp³-hybridized carbons (Fsp3) is 0.778. The molecule has 0 aromatic carbocycles. The SMILES string of the molecule is NCCOCCOCCC(=O)OOC(=O)C(F)(F)F. The summed E-state index contributed by atoms with van der Waals surface area (Å²) in [4.78, 5) is 27.9. The second-order valence-electron chi connectivity index (χ2n) is 3.09. The molecule has 0 fully saturated rings. The smallest absolute Gasteiger partial charge is 0.378 e. The van der Waals surface area contributed by atoms with Crippen molar-refractivity contribution in [1.82, 2.24) is 0 Å². The van der Waals surface area contributed by atoms with Crippen LogP contribution < -0.4 is 5.73 Å². The van der Waals surface area contributed by atoms with E-state index in [1.54, 1.807) is 0 Å². The van der Waals surface area contributed by atoms with Crippen molar-refractivity contribution in [3.63, 3.8) is 0 Å². The molecule has 2 N–H and O–H groups in total. The molecule has 7 nitrogen and oxygen atoms in total. The molecule has 0 atom stereocenters. The zero-order chi connectivity index (χ0) is 14.7. The van der Waals surface area contributed by atoms with Gasteiger partial charge in [0.1, 0.15) is 0 Å². The molecule has 0 aliphatic rings. The summed E-state index contributed by atoms with van der Waals surface area (Å²) in [5.41, 5.74) is 5.15. The van der Waals surface area contributed by atoms with Crippen LogP contribution in [0.1, 0.15) is 6.42 Å². The predicted molar refractivity (Wildman–Crippen MR) is 53.5 cm³/mol. The van der Waals surface area contributed by atoms with Gasteiger partial charge >= 0.3 is 18.1 Å². The lowest BCUT2D eigenvalue weighted by Gasteiger charge is -2.06. The van der Waals surface area contributed by atoms with Gasteiger partial charge in [0.2, 0.25) is 0 Å². The van der Waals surface area contributed by atoms with E-state index in [1.165, 1.54) is 0 Å². The van der Waals surface area contributed by atoms with Crippen LogP contribution in [-0.4, -0.2) is 51.1 Å². The zero-order valence-electron chi connectivity index (χ0n) is 9.90. The molecule has 19 heavy (non-hydrogen) atoms. The van der Waals surface area contributed by atoms with Gasteiger partial charge in [-0.1, -0.05) is 0 Å². The van der Waals surface area contributed by atoms with E-state index >= 15 is 0 Å². The van der Waals surface area contributed by atoms with E-state index in [2.05, 4.69) is 9.78 Å². The van der Waals surface area contributed by atoms with Crippen LogP contribution in [0.25, 0.3) is 0 Å². The van der Waals surface area contributed by atoms with E-state index in [4.69, 9.17) is 15.2 Å². The normalized spacial score (nSPS) is 11.2. The monoisotopic (exact) mass is 289 g/mol. The molecule has 0 radical (unpaired) electrons. The second kappa shape index (κ2) is 9.53. The van der Waals surface area contributed by atoms with E-state index in [0.29, 0.717) is 13.2 Å². The molecule has 0 aromatic rings. The summed E-state index contributed by atoms with van der Waals surface area (Å²) in [5.74, 6) is -3.75. The van der Waals surface area contributed by atoms with Crippen LogP contribution in [0.15, 0.2) is 0 Å². The third-order valence-electron chi connectivity index (χ3n) is 1.53. The maximum Gasteiger partial charge on any atom is 0.495 e. The molecule has 0 spiro atoms. The highest BCUT2D eigenvalue weighted by Crippen LogP contribution is 2.16. The fourth-order valence-corrected chi connectivity index (χ4v) is 0.734. The highest BCUT2D eigenvalue weighted by Gasteiger charge is 2.43. The van der Waals surface area contributed by atoms with Crippen LogP contribution in [-0.2, 0) is 28.8 Å². The van der Waals surface area contributed by atoms with Gasteiger partial charge in [-0.25, -0.2) is 19.4 Å². The van der Waals surface area contributed by atoms with Crippen molar-refractivity contribution >= 4 is 11.9 Å². The summed E-state index contributed by atoms with van der Waals surface area (Å²) >= 11 is 0. The first-order valence-electron chi connectivity index (χ1n) is 5.22. The van der Waals surface area contributed by atoms with Crippen molar-refractivity contribution in [2.45, 2.75) is 12.6 Å². The van der Waals surface area contributed by atoms with E-state index in [0.717, 1.165) is 0 Å². The zero-order valence-corrected chi connectivity index (χ0v) is 9.90. The Kier molecular flexibility index (Phi) is 8.83. The Morgan fingerprint density at radius 3 is 2.05 bits per heavy atom. The largest absolute Gasteiger partial charge is 0.495 e. The Labute approximate surface area is 106 Å². The molecular weight excluding hydrogens is 275 g/mol. The molecule has 0 aliphatic carbocycles. The minimum Gasteiger partial charge on any atom is -0.378 e. The van der Waals surface area contributed by atoms with Gasteiger partial charge in [-0.15, -0.1) is 0 Å². The molecular formula is C9H14F3NO6. The number of nitrogens with two attached hydrogens (primary N) is 1. The van der Waals surface area contributed by atoms with Gasteiger partial charge in [-0.05, 0) is 0 Å². The molecule has 0 rings (SSSR count). The number of alkyl halides is 3. The summed E-state index contributed by atoms with van der Waals surface area (Å²) in [5, 5.41) is 0. The Morgan fingerprint density at radius 1 is 0.947 bits per heavy atom. The van der Waals surface area contributed by atoms with Gasteiger partial charge in [-0.3, -0.25) is 0 Å². The lowest BCUT2D eigenvalue weighted by molar-refractivity contribution is -0.286. The van der Waals surface area contributed by atoms with E-state index in [9.17, 15) is 22.8 Å². The summed E-state index contributed by atoms with van der Waals surface area (Å²) < 4.78 is 44.8. The molecule has 112 valence electrons. The average Bonchev–Trinajstić information content (AvgIpc) is 2.33. The minimum absolute atomic E-state index is 0.103. The molecule has 0 unspecified atom stereocenters. The van der Waals surface area contributed by atoms with Gasteiger partial charge < -0.3 is 15.2 Å². The fourth-order valence-electron chi connectivity index (χ4n) is 0.734. The maximum atomic E-state index is 11.6. The van der Waals surface area contributed by atoms with Crippen molar-refractivity contribution in [3.05, 3.63) is 0 Å². The average molecular weight is 289 g/mol. The van der Waals surface area contributed by atoms with Crippen molar-refractivity contribution in [2.75, 3.05) is 33.0 Å². The summed E-state index contributed by atoms with van der Waals surface area (Å²) in [6.07, 6.45) is -5.57. The highest BCUT2D eigenvalue weighted by molar-refractivity contribution is 5.76. The van der Waals surface area contributed by atoms with Crippen LogP contribution in [0.4, 0.5) is 13.2 Å². The summed E-state index contributed by atoms with van der Waals surface area (Å²) in [7, 11) is 0. The van der Waals surface area contributed by atoms with Gasteiger partial charge in [-0.2, -0.15) is 13.2 Å². The third kappa shape index (κ3) is 10.2. The van der Waals surface area contributed by atoms with Crippen LogP contribution in [0.3, 0.4) is 0 Å². The van der Waals surface area contributed by atoms with E-state index in [1.807, 2.05) is 0 Å². The van der Waals surface area contributed by atoms with Gasteiger partial charge in [0, 0.05) is 6.54 Å². The van der Waals surface area contributed by atoms with Crippen LogP contribution in [0, 0.1) is 0 Å². The first kappa shape index (κ1) is 17.6. The standard InChI is InChI=1S/C9H14F3NO6/c10-9(11,12)8(15)19-18-7(14)1-3-16-5-6-17-4-2-13/h1-6,13H2. The molecule has 0 aromatic heterocycles. The number of hydrogen-bond acceptors (Lipinski definition) is 7. The number of hydrogen-bond donors (Lipinski definition) is 1. The number of halogens is 3. The number of carbonyl (C=O) groups is 2. The molecule has 0 saturated heterocycles. The third-order valence-corrected chi connectivity index (χ3v) is 1.53. The first-order chi connectivity index (χ1) is 8.88. The van der Waals surface area contributed by atoms with Gasteiger partial charge in [0.05, 0.1) is 32.8 Å². The maximum absolute atomic E-state index is 11.6. The summed E-state index contributed by atoms with van der Waals surface area (Å²) in [6, 6.07) is 0. The molecule has 0 amide bonds. The number of ether oxygens (including phenoxy) is 2. The molecule has 0 aliphatic heterocycles.